The second-order valence-corrected chi connectivity index (χ2v) is 5.94. The predicted octanol–water partition coefficient (Wildman–Crippen LogP) is 2.27. The van der Waals surface area contributed by atoms with Gasteiger partial charge in [0.2, 0.25) is 0 Å². The number of nitrogens with zero attached hydrogens (tertiary/aromatic N) is 2. The van der Waals surface area contributed by atoms with Gasteiger partial charge in [-0.25, -0.2) is 0 Å². The molecule has 124 valence electrons. The van der Waals surface area contributed by atoms with Crippen LogP contribution < -0.4 is 17.2 Å². The van der Waals surface area contributed by atoms with Crippen LogP contribution in [0.15, 0.2) is 58.5 Å². The molecule has 0 spiro atoms. The Kier molecular flexibility index (Phi) is 4.59. The Morgan fingerprint density at radius 1 is 0.875 bits per heavy atom. The fourth-order valence-electron chi connectivity index (χ4n) is 2.68. The maximum atomic E-state index is 9.57. The predicted molar refractivity (Wildman–Crippen MR) is 98.3 cm³/mol. The van der Waals surface area contributed by atoms with E-state index in [1.165, 1.54) is 0 Å². The molecule has 1 aliphatic carbocycles. The molecule has 1 fully saturated rings. The monoisotopic (exact) mass is 323 g/mol. The molecule has 6 nitrogen and oxygen atoms in total. The number of nitrogen functional groups attached to an aromatic ring is 1. The number of anilines is 1. The van der Waals surface area contributed by atoms with Crippen LogP contribution in [0, 0.1) is 0 Å². The number of aromatic hydroxyl groups is 1. The summed E-state index contributed by atoms with van der Waals surface area (Å²) in [5.41, 5.74) is 21.9. The van der Waals surface area contributed by atoms with Crippen LogP contribution in [0.25, 0.3) is 0 Å². The van der Waals surface area contributed by atoms with Crippen LogP contribution in [0.1, 0.15) is 12.8 Å². The first-order valence-electron chi connectivity index (χ1n) is 7.82. The third-order valence-corrected chi connectivity index (χ3v) is 3.99. The van der Waals surface area contributed by atoms with Crippen molar-refractivity contribution in [1.29, 1.82) is 0 Å². The first-order valence-corrected chi connectivity index (χ1v) is 7.82. The van der Waals surface area contributed by atoms with Gasteiger partial charge in [-0.15, -0.1) is 0 Å². The highest BCUT2D eigenvalue weighted by atomic mass is 16.3. The molecular weight excluding hydrogens is 302 g/mol. The van der Waals surface area contributed by atoms with Gasteiger partial charge in [-0.05, 0) is 42.8 Å². The lowest BCUT2D eigenvalue weighted by molar-refractivity contribution is 0.475. The average Bonchev–Trinajstić information content (AvgIpc) is 2.54. The highest BCUT2D eigenvalue weighted by molar-refractivity contribution is 6.12. The van der Waals surface area contributed by atoms with Gasteiger partial charge in [0.05, 0.1) is 11.4 Å². The molecule has 2 aromatic carbocycles. The summed E-state index contributed by atoms with van der Waals surface area (Å²) in [6.45, 7) is 0. The summed E-state index contributed by atoms with van der Waals surface area (Å²) in [6.07, 6.45) is 1.10. The largest absolute Gasteiger partial charge is 0.508 e. The molecule has 0 aliphatic heterocycles. The first-order chi connectivity index (χ1) is 11.5. The van der Waals surface area contributed by atoms with E-state index >= 15 is 0 Å². The molecule has 2 atom stereocenters. The Morgan fingerprint density at radius 3 is 2.12 bits per heavy atom. The molecule has 0 bridgehead atoms. The molecular formula is C18H21N5O. The number of nitrogens with two attached hydrogens (primary N) is 3. The van der Waals surface area contributed by atoms with E-state index in [0.29, 0.717) is 24.2 Å². The van der Waals surface area contributed by atoms with E-state index < -0.39 is 0 Å². The second kappa shape index (κ2) is 6.82. The van der Waals surface area contributed by atoms with Crippen molar-refractivity contribution < 1.29 is 5.11 Å². The summed E-state index contributed by atoms with van der Waals surface area (Å²) in [5, 5.41) is 9.57. The normalized spacial score (nSPS) is 24.4. The third kappa shape index (κ3) is 3.79. The zero-order valence-electron chi connectivity index (χ0n) is 13.3. The van der Waals surface area contributed by atoms with Gasteiger partial charge in [-0.3, -0.25) is 9.98 Å². The Balaban J connectivity index is 1.88. The minimum atomic E-state index is -0.215. The summed E-state index contributed by atoms with van der Waals surface area (Å²) >= 11 is 0. The molecule has 1 saturated carbocycles. The Labute approximate surface area is 140 Å². The van der Waals surface area contributed by atoms with Gasteiger partial charge in [-0.1, -0.05) is 6.07 Å². The van der Waals surface area contributed by atoms with Gasteiger partial charge in [0.1, 0.15) is 5.75 Å². The minimum absolute atomic E-state index is 0.175. The fourth-order valence-corrected chi connectivity index (χ4v) is 2.68. The van der Waals surface area contributed by atoms with Crippen molar-refractivity contribution >= 4 is 28.5 Å². The molecule has 0 saturated heterocycles. The molecule has 1 aliphatic rings. The third-order valence-electron chi connectivity index (χ3n) is 3.99. The number of hydrogen-bond acceptors (Lipinski definition) is 6. The molecule has 3 rings (SSSR count). The summed E-state index contributed by atoms with van der Waals surface area (Å²) in [4.78, 5) is 9.21. The lowest BCUT2D eigenvalue weighted by Gasteiger charge is -2.27. The minimum Gasteiger partial charge on any atom is -0.508 e. The number of phenolic OH excluding ortho intramolecular Hbond substituents is 1. The highest BCUT2D eigenvalue weighted by Gasteiger charge is 2.27. The van der Waals surface area contributed by atoms with E-state index in [1.807, 2.05) is 18.2 Å². The standard InChI is InChI=1S/C18H21N5O/c19-11-4-6-12(7-5-11)22-17-10-18(16(21)9-15(17)20)23-13-2-1-3-14(24)8-13/h1-8,15-16,24H,9-10,19-21H2/b22-17-,23-18-. The van der Waals surface area contributed by atoms with Gasteiger partial charge in [0, 0.05) is 41.7 Å². The van der Waals surface area contributed by atoms with Gasteiger partial charge >= 0.3 is 0 Å². The van der Waals surface area contributed by atoms with Crippen molar-refractivity contribution in [2.45, 2.75) is 24.9 Å². The van der Waals surface area contributed by atoms with Gasteiger partial charge in [0.15, 0.2) is 0 Å². The van der Waals surface area contributed by atoms with Crippen LogP contribution in [-0.2, 0) is 0 Å². The number of rotatable bonds is 2. The maximum Gasteiger partial charge on any atom is 0.117 e. The van der Waals surface area contributed by atoms with Crippen molar-refractivity contribution in [2.75, 3.05) is 5.73 Å². The van der Waals surface area contributed by atoms with Crippen molar-refractivity contribution in [3.63, 3.8) is 0 Å². The molecule has 2 unspecified atom stereocenters. The Morgan fingerprint density at radius 2 is 1.50 bits per heavy atom. The summed E-state index contributed by atoms with van der Waals surface area (Å²) in [6, 6.07) is 13.7. The van der Waals surface area contributed by atoms with Gasteiger partial charge < -0.3 is 22.3 Å². The molecule has 24 heavy (non-hydrogen) atoms. The SMILES string of the molecule is Nc1ccc(/N=C2/C/C(=N/c3cccc(O)c3)C(N)CC2N)cc1. The van der Waals surface area contributed by atoms with E-state index in [-0.39, 0.29) is 17.8 Å². The zero-order chi connectivity index (χ0) is 17.1. The second-order valence-electron chi connectivity index (χ2n) is 5.94. The lowest BCUT2D eigenvalue weighted by atomic mass is 9.88. The molecule has 0 heterocycles. The smallest absolute Gasteiger partial charge is 0.117 e. The molecule has 0 amide bonds. The van der Waals surface area contributed by atoms with Gasteiger partial charge in [-0.2, -0.15) is 0 Å². The van der Waals surface area contributed by atoms with E-state index in [1.54, 1.807) is 30.3 Å². The van der Waals surface area contributed by atoms with Crippen molar-refractivity contribution in [3.05, 3.63) is 48.5 Å². The van der Waals surface area contributed by atoms with Crippen LogP contribution in [0.2, 0.25) is 0 Å². The lowest BCUT2D eigenvalue weighted by Crippen LogP contribution is -2.48. The summed E-state index contributed by atoms with van der Waals surface area (Å²) < 4.78 is 0. The van der Waals surface area contributed by atoms with Crippen LogP contribution in [0.3, 0.4) is 0 Å². The van der Waals surface area contributed by atoms with Crippen molar-refractivity contribution in [3.8, 4) is 5.75 Å². The topological polar surface area (TPSA) is 123 Å². The maximum absolute atomic E-state index is 9.57. The quantitative estimate of drug-likeness (QED) is 0.633. The van der Waals surface area contributed by atoms with Gasteiger partial charge in [0.25, 0.3) is 0 Å². The first kappa shape index (κ1) is 16.2. The van der Waals surface area contributed by atoms with E-state index in [9.17, 15) is 5.11 Å². The van der Waals surface area contributed by atoms with Crippen LogP contribution in [-0.4, -0.2) is 28.6 Å². The molecule has 7 N–H and O–H groups in total. The number of benzene rings is 2. The molecule has 0 radical (unpaired) electrons. The van der Waals surface area contributed by atoms with Crippen LogP contribution in [0.5, 0.6) is 5.75 Å². The van der Waals surface area contributed by atoms with Crippen LogP contribution >= 0.6 is 0 Å². The number of phenols is 1. The molecule has 2 aromatic rings. The van der Waals surface area contributed by atoms with Crippen molar-refractivity contribution in [2.24, 2.45) is 21.5 Å². The number of aliphatic imine (C=N–C) groups is 2. The number of hydrogen-bond donors (Lipinski definition) is 4. The Hall–Kier alpha value is -2.70. The molecule has 6 heteroatoms. The van der Waals surface area contributed by atoms with E-state index in [0.717, 1.165) is 17.1 Å². The van der Waals surface area contributed by atoms with E-state index in [2.05, 4.69) is 9.98 Å². The summed E-state index contributed by atoms with van der Waals surface area (Å²) in [5.74, 6) is 0.175. The van der Waals surface area contributed by atoms with E-state index in [4.69, 9.17) is 17.2 Å². The molecule has 0 aromatic heterocycles. The average molecular weight is 323 g/mol. The zero-order valence-corrected chi connectivity index (χ0v) is 13.3. The summed E-state index contributed by atoms with van der Waals surface area (Å²) in [7, 11) is 0. The van der Waals surface area contributed by atoms with Crippen LogP contribution in [0.4, 0.5) is 17.1 Å². The van der Waals surface area contributed by atoms with Crippen molar-refractivity contribution in [1.82, 2.24) is 0 Å². The fraction of sp³-hybridized carbons (Fsp3) is 0.222. The highest BCUT2D eigenvalue weighted by Crippen LogP contribution is 2.23. The Bertz CT molecular complexity index is 782.